The summed E-state index contributed by atoms with van der Waals surface area (Å²) in [6.45, 7) is 4.38. The topological polar surface area (TPSA) is 62.7 Å². The minimum atomic E-state index is 0.324. The van der Waals surface area contributed by atoms with Crippen LogP contribution >= 0.6 is 11.8 Å². The zero-order valence-electron chi connectivity index (χ0n) is 9.03. The molecular weight excluding hydrogens is 206 g/mol. The first-order valence-electron chi connectivity index (χ1n) is 4.93. The first-order chi connectivity index (χ1) is 7.13. The van der Waals surface area contributed by atoms with Crippen molar-refractivity contribution >= 4 is 17.4 Å². The minimum absolute atomic E-state index is 0.324. The second-order valence-corrected chi connectivity index (χ2v) is 4.85. The van der Waals surface area contributed by atoms with Crippen LogP contribution in [0.3, 0.4) is 0 Å². The standard InChI is InChI=1S/C11H15N3S/c1-8(2)5-6-15-11-4-3-9(13)10(7-12)14-11/h3-4,8H,5-6,13H2,1-2H3. The zero-order chi connectivity index (χ0) is 11.3. The fourth-order valence-electron chi connectivity index (χ4n) is 1.02. The van der Waals surface area contributed by atoms with Crippen molar-refractivity contribution in [1.29, 1.82) is 5.26 Å². The van der Waals surface area contributed by atoms with Crippen LogP contribution in [0.4, 0.5) is 5.69 Å². The van der Waals surface area contributed by atoms with Crippen LogP contribution in [0.15, 0.2) is 17.2 Å². The van der Waals surface area contributed by atoms with Gasteiger partial charge in [0.1, 0.15) is 6.07 Å². The van der Waals surface area contributed by atoms with Crippen molar-refractivity contribution < 1.29 is 0 Å². The summed E-state index contributed by atoms with van der Waals surface area (Å²) >= 11 is 1.67. The second-order valence-electron chi connectivity index (χ2n) is 3.73. The largest absolute Gasteiger partial charge is 0.396 e. The lowest BCUT2D eigenvalue weighted by atomic mass is 10.2. The molecule has 3 nitrogen and oxygen atoms in total. The summed E-state index contributed by atoms with van der Waals surface area (Å²) in [6, 6.07) is 5.59. The molecule has 0 aliphatic heterocycles. The highest BCUT2D eigenvalue weighted by molar-refractivity contribution is 7.99. The van der Waals surface area contributed by atoms with E-state index in [0.29, 0.717) is 17.3 Å². The molecule has 0 amide bonds. The maximum Gasteiger partial charge on any atom is 0.164 e. The normalized spacial score (nSPS) is 10.3. The molecule has 15 heavy (non-hydrogen) atoms. The molecule has 0 aromatic carbocycles. The molecule has 4 heteroatoms. The van der Waals surface area contributed by atoms with E-state index in [2.05, 4.69) is 18.8 Å². The number of anilines is 1. The van der Waals surface area contributed by atoms with E-state index in [-0.39, 0.29) is 0 Å². The Labute approximate surface area is 94.7 Å². The van der Waals surface area contributed by atoms with E-state index in [4.69, 9.17) is 11.0 Å². The van der Waals surface area contributed by atoms with Gasteiger partial charge in [0.15, 0.2) is 5.69 Å². The Balaban J connectivity index is 2.60. The molecule has 0 bridgehead atoms. The van der Waals surface area contributed by atoms with Crippen molar-refractivity contribution in [2.75, 3.05) is 11.5 Å². The number of pyridine rings is 1. The van der Waals surface area contributed by atoms with Gasteiger partial charge in [0, 0.05) is 0 Å². The van der Waals surface area contributed by atoms with Crippen LogP contribution in [0, 0.1) is 17.2 Å². The average molecular weight is 221 g/mol. The number of thioether (sulfide) groups is 1. The van der Waals surface area contributed by atoms with Gasteiger partial charge in [-0.3, -0.25) is 0 Å². The summed E-state index contributed by atoms with van der Waals surface area (Å²) in [4.78, 5) is 4.16. The highest BCUT2D eigenvalue weighted by atomic mass is 32.2. The van der Waals surface area contributed by atoms with E-state index in [1.807, 2.05) is 12.1 Å². The number of aromatic nitrogens is 1. The smallest absolute Gasteiger partial charge is 0.164 e. The molecule has 80 valence electrons. The Hall–Kier alpha value is -1.21. The quantitative estimate of drug-likeness (QED) is 0.794. The number of hydrogen-bond acceptors (Lipinski definition) is 4. The van der Waals surface area contributed by atoms with Crippen molar-refractivity contribution in [2.24, 2.45) is 5.92 Å². The predicted molar refractivity (Wildman–Crippen MR) is 63.5 cm³/mol. The van der Waals surface area contributed by atoms with E-state index in [9.17, 15) is 0 Å². The fraction of sp³-hybridized carbons (Fsp3) is 0.455. The second kappa shape index (κ2) is 5.62. The Bertz CT molecular complexity index is 369. The summed E-state index contributed by atoms with van der Waals surface area (Å²) in [5, 5.41) is 9.63. The lowest BCUT2D eigenvalue weighted by molar-refractivity contribution is 0.632. The highest BCUT2D eigenvalue weighted by Gasteiger charge is 2.03. The molecule has 0 saturated heterocycles. The van der Waals surface area contributed by atoms with Gasteiger partial charge >= 0.3 is 0 Å². The van der Waals surface area contributed by atoms with Crippen LogP contribution < -0.4 is 5.73 Å². The number of nitriles is 1. The van der Waals surface area contributed by atoms with E-state index < -0.39 is 0 Å². The van der Waals surface area contributed by atoms with Gasteiger partial charge in [-0.05, 0) is 30.2 Å². The van der Waals surface area contributed by atoms with Crippen LogP contribution in [-0.2, 0) is 0 Å². The molecule has 0 fully saturated rings. The van der Waals surface area contributed by atoms with Crippen LogP contribution in [0.1, 0.15) is 26.0 Å². The molecule has 0 unspecified atom stereocenters. The van der Waals surface area contributed by atoms with Gasteiger partial charge in [0.2, 0.25) is 0 Å². The van der Waals surface area contributed by atoms with Gasteiger partial charge < -0.3 is 5.73 Å². The van der Waals surface area contributed by atoms with Gasteiger partial charge in [0.25, 0.3) is 0 Å². The third-order valence-electron chi connectivity index (χ3n) is 1.95. The number of rotatable bonds is 4. The molecule has 0 radical (unpaired) electrons. The first kappa shape index (κ1) is 11.9. The van der Waals surface area contributed by atoms with Crippen molar-refractivity contribution in [1.82, 2.24) is 4.98 Å². The van der Waals surface area contributed by atoms with Gasteiger partial charge in [-0.25, -0.2) is 4.98 Å². The van der Waals surface area contributed by atoms with Gasteiger partial charge in [-0.15, -0.1) is 11.8 Å². The van der Waals surface area contributed by atoms with Crippen molar-refractivity contribution in [3.8, 4) is 6.07 Å². The highest BCUT2D eigenvalue weighted by Crippen LogP contribution is 2.20. The van der Waals surface area contributed by atoms with Gasteiger partial charge in [-0.1, -0.05) is 13.8 Å². The SMILES string of the molecule is CC(C)CCSc1ccc(N)c(C#N)n1. The summed E-state index contributed by atoms with van der Waals surface area (Å²) in [5.74, 6) is 1.72. The lowest BCUT2D eigenvalue weighted by Gasteiger charge is -2.04. The molecule has 0 atom stereocenters. The number of hydrogen-bond donors (Lipinski definition) is 1. The fourth-order valence-corrected chi connectivity index (χ4v) is 2.14. The van der Waals surface area contributed by atoms with E-state index in [1.54, 1.807) is 17.8 Å². The predicted octanol–water partition coefficient (Wildman–Crippen LogP) is 2.67. The zero-order valence-corrected chi connectivity index (χ0v) is 9.84. The molecular formula is C11H15N3S. The summed E-state index contributed by atoms with van der Waals surface area (Å²) < 4.78 is 0. The van der Waals surface area contributed by atoms with Crippen LogP contribution in [0.2, 0.25) is 0 Å². The molecule has 1 rings (SSSR count). The van der Waals surface area contributed by atoms with E-state index in [1.165, 1.54) is 0 Å². The van der Waals surface area contributed by atoms with Crippen molar-refractivity contribution in [3.63, 3.8) is 0 Å². The summed E-state index contributed by atoms with van der Waals surface area (Å²) in [6.07, 6.45) is 1.15. The third kappa shape index (κ3) is 3.80. The number of nitrogen functional groups attached to an aromatic ring is 1. The monoisotopic (exact) mass is 221 g/mol. The van der Waals surface area contributed by atoms with Gasteiger partial charge in [0.05, 0.1) is 10.7 Å². The van der Waals surface area contributed by atoms with Crippen LogP contribution in [0.25, 0.3) is 0 Å². The molecule has 0 aliphatic carbocycles. The van der Waals surface area contributed by atoms with Crippen LogP contribution in [-0.4, -0.2) is 10.7 Å². The Morgan fingerprint density at radius 3 is 2.87 bits per heavy atom. The maximum absolute atomic E-state index is 8.75. The molecule has 0 spiro atoms. The third-order valence-corrected chi connectivity index (χ3v) is 2.91. The lowest BCUT2D eigenvalue weighted by Crippen LogP contribution is -1.95. The number of nitrogens with two attached hydrogens (primary N) is 1. The first-order valence-corrected chi connectivity index (χ1v) is 5.91. The Kier molecular flexibility index (Phi) is 4.44. The summed E-state index contributed by atoms with van der Waals surface area (Å²) in [7, 11) is 0. The maximum atomic E-state index is 8.75. The van der Waals surface area contributed by atoms with E-state index >= 15 is 0 Å². The van der Waals surface area contributed by atoms with Crippen molar-refractivity contribution in [3.05, 3.63) is 17.8 Å². The molecule has 0 saturated carbocycles. The molecule has 2 N–H and O–H groups in total. The average Bonchev–Trinajstić information content (AvgIpc) is 2.20. The summed E-state index contributed by atoms with van der Waals surface area (Å²) in [5.41, 5.74) is 6.36. The molecule has 1 heterocycles. The number of nitrogens with zero attached hydrogens (tertiary/aromatic N) is 2. The Morgan fingerprint density at radius 1 is 1.53 bits per heavy atom. The molecule has 1 aromatic heterocycles. The van der Waals surface area contributed by atoms with Crippen molar-refractivity contribution in [2.45, 2.75) is 25.3 Å². The molecule has 0 aliphatic rings. The van der Waals surface area contributed by atoms with Crippen LogP contribution in [0.5, 0.6) is 0 Å². The van der Waals surface area contributed by atoms with E-state index in [0.717, 1.165) is 17.2 Å². The minimum Gasteiger partial charge on any atom is -0.396 e. The Morgan fingerprint density at radius 2 is 2.27 bits per heavy atom. The van der Waals surface area contributed by atoms with Gasteiger partial charge in [-0.2, -0.15) is 5.26 Å². The molecule has 1 aromatic rings.